The number of aromatic hydroxyl groups is 1. The van der Waals surface area contributed by atoms with Crippen LogP contribution >= 0.6 is 11.6 Å². The number of pyridine rings is 1. The molecular weight excluding hydrogens is 403 g/mol. The molecule has 2 aromatic heterocycles. The van der Waals surface area contributed by atoms with Crippen LogP contribution in [0.15, 0.2) is 54.6 Å². The Kier molecular flexibility index (Phi) is 4.70. The van der Waals surface area contributed by atoms with E-state index in [0.29, 0.717) is 10.6 Å². The van der Waals surface area contributed by atoms with Crippen LogP contribution in [-0.4, -0.2) is 19.9 Å². The molecule has 0 radical (unpaired) electrons. The van der Waals surface area contributed by atoms with E-state index in [1.807, 2.05) is 0 Å². The zero-order chi connectivity index (χ0) is 20.8. The molecule has 4 nitrogen and oxygen atoms in total. The van der Waals surface area contributed by atoms with Crippen molar-refractivity contribution in [2.24, 2.45) is 0 Å². The first-order valence-electron chi connectivity index (χ1n) is 8.71. The quantitative estimate of drug-likeness (QED) is 0.456. The van der Waals surface area contributed by atoms with Crippen molar-refractivity contribution < 1.29 is 18.3 Å². The SMILES string of the molecule is Cc1nn(Cc2ccc(Cl)cc2)c2nc(-c3ccc(O)cc3)cc(C(F)(F)F)c12. The maximum atomic E-state index is 13.8. The summed E-state index contributed by atoms with van der Waals surface area (Å²) in [5.74, 6) is 0.0227. The number of nitrogens with zero attached hydrogens (tertiary/aromatic N) is 3. The molecule has 4 aromatic rings. The number of fused-ring (bicyclic) bond motifs is 1. The highest BCUT2D eigenvalue weighted by atomic mass is 35.5. The van der Waals surface area contributed by atoms with Gasteiger partial charge in [-0.2, -0.15) is 18.3 Å². The molecule has 1 N–H and O–H groups in total. The summed E-state index contributed by atoms with van der Waals surface area (Å²) >= 11 is 5.91. The second-order valence-electron chi connectivity index (χ2n) is 6.67. The minimum Gasteiger partial charge on any atom is -0.508 e. The van der Waals surface area contributed by atoms with Crippen LogP contribution in [0.4, 0.5) is 13.2 Å². The highest BCUT2D eigenvalue weighted by Gasteiger charge is 2.35. The van der Waals surface area contributed by atoms with E-state index in [2.05, 4.69) is 10.1 Å². The summed E-state index contributed by atoms with van der Waals surface area (Å²) < 4.78 is 42.9. The molecule has 0 amide bonds. The van der Waals surface area contributed by atoms with E-state index in [1.165, 1.54) is 35.9 Å². The molecule has 4 rings (SSSR count). The molecule has 0 bridgehead atoms. The van der Waals surface area contributed by atoms with Crippen LogP contribution in [0, 0.1) is 6.92 Å². The maximum absolute atomic E-state index is 13.8. The van der Waals surface area contributed by atoms with Gasteiger partial charge in [0.2, 0.25) is 0 Å². The van der Waals surface area contributed by atoms with E-state index in [0.717, 1.165) is 11.6 Å². The largest absolute Gasteiger partial charge is 0.508 e. The molecule has 0 saturated carbocycles. The number of hydrogen-bond donors (Lipinski definition) is 1. The van der Waals surface area contributed by atoms with Gasteiger partial charge in [0.15, 0.2) is 5.65 Å². The van der Waals surface area contributed by atoms with Crippen molar-refractivity contribution in [2.45, 2.75) is 19.6 Å². The molecule has 29 heavy (non-hydrogen) atoms. The molecule has 0 unspecified atom stereocenters. The lowest BCUT2D eigenvalue weighted by Crippen LogP contribution is -2.08. The van der Waals surface area contributed by atoms with E-state index < -0.39 is 11.7 Å². The number of phenolic OH excluding ortho intramolecular Hbond substituents is 1. The highest BCUT2D eigenvalue weighted by molar-refractivity contribution is 6.30. The van der Waals surface area contributed by atoms with Gasteiger partial charge in [-0.15, -0.1) is 0 Å². The van der Waals surface area contributed by atoms with Gasteiger partial charge in [-0.3, -0.25) is 0 Å². The lowest BCUT2D eigenvalue weighted by molar-refractivity contribution is -0.136. The first-order chi connectivity index (χ1) is 13.7. The molecule has 0 aliphatic carbocycles. The van der Waals surface area contributed by atoms with Crippen LogP contribution in [0.3, 0.4) is 0 Å². The first-order valence-corrected chi connectivity index (χ1v) is 9.09. The van der Waals surface area contributed by atoms with E-state index >= 15 is 0 Å². The van der Waals surface area contributed by atoms with Crippen LogP contribution < -0.4 is 0 Å². The Bertz CT molecular complexity index is 1180. The minimum absolute atomic E-state index is 0.0195. The number of aryl methyl sites for hydroxylation is 1. The van der Waals surface area contributed by atoms with Gasteiger partial charge < -0.3 is 5.11 Å². The van der Waals surface area contributed by atoms with Crippen molar-refractivity contribution >= 4 is 22.6 Å². The average molecular weight is 418 g/mol. The molecule has 0 aliphatic heterocycles. The third-order valence-corrected chi connectivity index (χ3v) is 4.84. The number of halogens is 4. The second-order valence-corrected chi connectivity index (χ2v) is 7.10. The second kappa shape index (κ2) is 7.08. The molecule has 2 heterocycles. The summed E-state index contributed by atoms with van der Waals surface area (Å²) in [6.07, 6.45) is -4.56. The number of rotatable bonds is 3. The summed E-state index contributed by atoms with van der Waals surface area (Å²) in [5, 5.41) is 14.3. The summed E-state index contributed by atoms with van der Waals surface area (Å²) in [5.41, 5.74) is 1.07. The topological polar surface area (TPSA) is 50.9 Å². The number of phenols is 1. The molecule has 0 fully saturated rings. The molecular formula is C21H15ClF3N3O. The summed E-state index contributed by atoms with van der Waals surface area (Å²) in [6, 6.07) is 13.9. The first kappa shape index (κ1) is 19.3. The Morgan fingerprint density at radius 2 is 1.69 bits per heavy atom. The maximum Gasteiger partial charge on any atom is 0.417 e. The predicted octanol–water partition coefficient (Wildman–Crippen LogP) is 5.83. The van der Waals surface area contributed by atoms with E-state index in [4.69, 9.17) is 11.6 Å². The Labute approximate surface area is 169 Å². The predicted molar refractivity (Wildman–Crippen MR) is 105 cm³/mol. The molecule has 0 aliphatic rings. The number of hydrogen-bond acceptors (Lipinski definition) is 3. The van der Waals surface area contributed by atoms with Crippen molar-refractivity contribution in [3.63, 3.8) is 0 Å². The van der Waals surface area contributed by atoms with Crippen molar-refractivity contribution in [1.82, 2.24) is 14.8 Å². The molecule has 148 valence electrons. The molecule has 0 saturated heterocycles. The Morgan fingerprint density at radius 1 is 1.03 bits per heavy atom. The fraction of sp³-hybridized carbons (Fsp3) is 0.143. The fourth-order valence-corrected chi connectivity index (χ4v) is 3.36. The van der Waals surface area contributed by atoms with Gasteiger partial charge in [0.25, 0.3) is 0 Å². The van der Waals surface area contributed by atoms with Crippen LogP contribution in [0.25, 0.3) is 22.3 Å². The van der Waals surface area contributed by atoms with E-state index in [9.17, 15) is 18.3 Å². The van der Waals surface area contributed by atoms with Gasteiger partial charge in [0.05, 0.1) is 28.9 Å². The zero-order valence-electron chi connectivity index (χ0n) is 15.2. The van der Waals surface area contributed by atoms with Gasteiger partial charge in [-0.05, 0) is 55.0 Å². The smallest absolute Gasteiger partial charge is 0.417 e. The van der Waals surface area contributed by atoms with Crippen molar-refractivity contribution in [2.75, 3.05) is 0 Å². The van der Waals surface area contributed by atoms with Gasteiger partial charge >= 0.3 is 6.18 Å². The van der Waals surface area contributed by atoms with E-state index in [-0.39, 0.29) is 34.7 Å². The summed E-state index contributed by atoms with van der Waals surface area (Å²) in [7, 11) is 0. The Balaban J connectivity index is 1.92. The number of alkyl halides is 3. The number of aromatic nitrogens is 3. The lowest BCUT2D eigenvalue weighted by Gasteiger charge is -2.12. The van der Waals surface area contributed by atoms with Crippen LogP contribution in [0.2, 0.25) is 5.02 Å². The lowest BCUT2D eigenvalue weighted by atomic mass is 10.1. The summed E-state index contributed by atoms with van der Waals surface area (Å²) in [6.45, 7) is 1.79. The zero-order valence-corrected chi connectivity index (χ0v) is 16.0. The molecule has 8 heteroatoms. The highest BCUT2D eigenvalue weighted by Crippen LogP contribution is 2.38. The van der Waals surface area contributed by atoms with Gasteiger partial charge in [-0.1, -0.05) is 23.7 Å². The number of benzene rings is 2. The van der Waals surface area contributed by atoms with Gasteiger partial charge in [0.1, 0.15) is 5.75 Å². The Hall–Kier alpha value is -3.06. The van der Waals surface area contributed by atoms with Gasteiger partial charge in [0, 0.05) is 10.6 Å². The van der Waals surface area contributed by atoms with Crippen molar-refractivity contribution in [1.29, 1.82) is 0 Å². The standard InChI is InChI=1S/C21H15ClF3N3O/c1-12-19-17(21(23,24)25)10-18(14-4-8-16(29)9-5-14)26-20(19)28(27-12)11-13-2-6-15(22)7-3-13/h2-10,29H,11H2,1H3. The molecule has 0 atom stereocenters. The third kappa shape index (κ3) is 3.78. The monoisotopic (exact) mass is 417 g/mol. The van der Waals surface area contributed by atoms with Gasteiger partial charge in [-0.25, -0.2) is 9.67 Å². The van der Waals surface area contributed by atoms with E-state index in [1.54, 1.807) is 24.3 Å². The molecule has 2 aromatic carbocycles. The summed E-state index contributed by atoms with van der Waals surface area (Å²) in [4.78, 5) is 4.48. The van der Waals surface area contributed by atoms with Crippen molar-refractivity contribution in [3.8, 4) is 17.0 Å². The fourth-order valence-electron chi connectivity index (χ4n) is 3.23. The minimum atomic E-state index is -4.56. The van der Waals surface area contributed by atoms with Crippen molar-refractivity contribution in [3.05, 3.63) is 76.4 Å². The van der Waals surface area contributed by atoms with Crippen LogP contribution in [-0.2, 0) is 12.7 Å². The molecule has 0 spiro atoms. The third-order valence-electron chi connectivity index (χ3n) is 4.59. The van der Waals surface area contributed by atoms with Crippen LogP contribution in [0.1, 0.15) is 16.8 Å². The average Bonchev–Trinajstić information content (AvgIpc) is 2.98. The normalized spacial score (nSPS) is 11.9. The Morgan fingerprint density at radius 3 is 2.31 bits per heavy atom. The van der Waals surface area contributed by atoms with Crippen LogP contribution in [0.5, 0.6) is 5.75 Å².